The Morgan fingerprint density at radius 1 is 0.565 bits per heavy atom. The van der Waals surface area contributed by atoms with Gasteiger partial charge in [0.1, 0.15) is 0 Å². The summed E-state index contributed by atoms with van der Waals surface area (Å²) in [5.74, 6) is 11.1. The Morgan fingerprint density at radius 3 is 1.20 bits per heavy atom. The van der Waals surface area contributed by atoms with Crippen LogP contribution in [0.4, 0.5) is 0 Å². The van der Waals surface area contributed by atoms with Crippen molar-refractivity contribution >= 4 is 43.1 Å². The molecule has 2 aliphatic carbocycles. The molecule has 46 heavy (non-hydrogen) atoms. The second-order valence-corrected chi connectivity index (χ2v) is 14.4. The molecule has 0 fully saturated rings. The smallest absolute Gasteiger partial charge is 0.279 e. The van der Waals surface area contributed by atoms with Crippen LogP contribution in [0.1, 0.15) is 46.2 Å². The Kier molecular flexibility index (Phi) is 7.28. The zero-order valence-electron chi connectivity index (χ0n) is 24.0. The summed E-state index contributed by atoms with van der Waals surface area (Å²) in [6, 6.07) is 25.7. The lowest BCUT2D eigenvalue weighted by Gasteiger charge is -2.37. The van der Waals surface area contributed by atoms with Crippen molar-refractivity contribution in [1.29, 1.82) is 10.8 Å². The highest BCUT2D eigenvalue weighted by atomic mass is 32.2. The highest BCUT2D eigenvalue weighted by Crippen LogP contribution is 2.47. The molecule has 0 radical (unpaired) electrons. The predicted octanol–water partition coefficient (Wildman–Crippen LogP) is 3.79. The van der Waals surface area contributed by atoms with Gasteiger partial charge in [-0.1, -0.05) is 97.1 Å². The predicted molar refractivity (Wildman–Crippen MR) is 176 cm³/mol. The van der Waals surface area contributed by atoms with Crippen molar-refractivity contribution < 1.29 is 25.9 Å². The topological polar surface area (TPSA) is 233 Å². The van der Waals surface area contributed by atoms with Gasteiger partial charge >= 0.3 is 0 Å². The molecule has 2 unspecified atom stereocenters. The minimum atomic E-state index is -4.82. The van der Waals surface area contributed by atoms with Gasteiger partial charge in [-0.05, 0) is 33.4 Å². The molecule has 0 bridgehead atoms. The van der Waals surface area contributed by atoms with Gasteiger partial charge in [-0.3, -0.25) is 19.9 Å². The molecular formula is C32H28N6O6S2. The summed E-state index contributed by atoms with van der Waals surface area (Å²) in [5, 5.41) is 24.2. The molecule has 234 valence electrons. The first kappa shape index (κ1) is 31.0. The van der Waals surface area contributed by atoms with Crippen molar-refractivity contribution in [3.8, 4) is 11.1 Å². The van der Waals surface area contributed by atoms with Crippen LogP contribution >= 0.6 is 0 Å². The van der Waals surface area contributed by atoms with Crippen molar-refractivity contribution in [3.05, 3.63) is 130 Å². The fourth-order valence-electron chi connectivity index (χ4n) is 6.61. The molecule has 0 aromatic heterocycles. The minimum absolute atomic E-state index is 0.0195. The average Bonchev–Trinajstić information content (AvgIpc) is 3.05. The third kappa shape index (κ3) is 4.41. The normalized spacial score (nSPS) is 23.3. The Bertz CT molecular complexity index is 2060. The number of hydrogen-bond acceptors (Lipinski definition) is 10. The van der Waals surface area contributed by atoms with E-state index < -0.39 is 29.7 Å². The van der Waals surface area contributed by atoms with Gasteiger partial charge in [0.15, 0.2) is 9.49 Å². The highest BCUT2D eigenvalue weighted by molar-refractivity contribution is 7.87. The molecular weight excluding hydrogens is 629 g/mol. The number of hydrogen-bond donors (Lipinski definition) is 6. The number of benzene rings is 4. The number of nitrogens with zero attached hydrogens (tertiary/aromatic N) is 2. The van der Waals surface area contributed by atoms with Gasteiger partial charge in [-0.15, -0.1) is 0 Å². The fraction of sp³-hybridized carbons (Fsp3) is 0.125. The average molecular weight is 657 g/mol. The molecule has 4 aromatic carbocycles. The van der Waals surface area contributed by atoms with E-state index in [2.05, 4.69) is 10.2 Å². The molecule has 6 rings (SSSR count). The maximum absolute atomic E-state index is 13.1. The lowest BCUT2D eigenvalue weighted by molar-refractivity contribution is 0.445. The zero-order chi connectivity index (χ0) is 33.1. The van der Waals surface area contributed by atoms with Crippen molar-refractivity contribution in [2.45, 2.75) is 22.3 Å². The SMILES string of the molecule is N=C1/C(=N/N)CC(c2ccc(-c3ccc(C4(S(=O)(=O)O)C/C(=N\N)C(=N)c5ccccc54)cc3)cc2)(S(=O)(=O)O)c2ccccc21. The van der Waals surface area contributed by atoms with E-state index >= 15 is 0 Å². The molecule has 0 saturated carbocycles. The lowest BCUT2D eigenvalue weighted by Crippen LogP contribution is -2.45. The van der Waals surface area contributed by atoms with E-state index in [1.807, 2.05) is 0 Å². The molecule has 0 heterocycles. The first-order valence-electron chi connectivity index (χ1n) is 13.9. The van der Waals surface area contributed by atoms with Crippen molar-refractivity contribution in [2.75, 3.05) is 0 Å². The molecule has 0 saturated heterocycles. The lowest BCUT2D eigenvalue weighted by atomic mass is 9.75. The molecule has 0 aliphatic heterocycles. The third-order valence-corrected chi connectivity index (χ3v) is 11.9. The monoisotopic (exact) mass is 656 g/mol. The Morgan fingerprint density at radius 2 is 0.891 bits per heavy atom. The molecule has 0 amide bonds. The number of fused-ring (bicyclic) bond motifs is 2. The van der Waals surface area contributed by atoms with Crippen LogP contribution in [-0.2, 0) is 29.7 Å². The summed E-state index contributed by atoms with van der Waals surface area (Å²) in [6.07, 6.45) is -0.700. The highest BCUT2D eigenvalue weighted by Gasteiger charge is 2.53. The van der Waals surface area contributed by atoms with E-state index in [-0.39, 0.29) is 69.1 Å². The summed E-state index contributed by atoms with van der Waals surface area (Å²) < 4.78 is 69.9. The van der Waals surface area contributed by atoms with Crippen LogP contribution in [0.15, 0.2) is 107 Å². The van der Waals surface area contributed by atoms with E-state index in [9.17, 15) is 25.9 Å². The maximum atomic E-state index is 13.1. The number of nitrogens with two attached hydrogens (primary N) is 2. The minimum Gasteiger partial charge on any atom is -0.323 e. The molecule has 0 spiro atoms. The summed E-state index contributed by atoms with van der Waals surface area (Å²) >= 11 is 0. The van der Waals surface area contributed by atoms with Crippen molar-refractivity contribution in [2.24, 2.45) is 21.9 Å². The second kappa shape index (κ2) is 10.8. The largest absolute Gasteiger partial charge is 0.323 e. The van der Waals surface area contributed by atoms with Crippen LogP contribution in [0.3, 0.4) is 0 Å². The van der Waals surface area contributed by atoms with Gasteiger partial charge in [0.05, 0.1) is 22.8 Å². The Balaban J connectivity index is 1.45. The van der Waals surface area contributed by atoms with E-state index in [1.54, 1.807) is 97.1 Å². The first-order chi connectivity index (χ1) is 21.8. The van der Waals surface area contributed by atoms with Gasteiger partial charge in [0.25, 0.3) is 20.2 Å². The van der Waals surface area contributed by atoms with E-state index in [1.165, 1.54) is 0 Å². The molecule has 12 nitrogen and oxygen atoms in total. The number of hydrazone groups is 2. The van der Waals surface area contributed by atoms with Crippen LogP contribution in [-0.4, -0.2) is 48.8 Å². The van der Waals surface area contributed by atoms with Crippen LogP contribution in [0.25, 0.3) is 11.1 Å². The van der Waals surface area contributed by atoms with E-state index in [0.717, 1.165) is 0 Å². The van der Waals surface area contributed by atoms with Crippen LogP contribution in [0.5, 0.6) is 0 Å². The van der Waals surface area contributed by atoms with E-state index in [4.69, 9.17) is 22.5 Å². The van der Waals surface area contributed by atoms with Gasteiger partial charge in [-0.25, -0.2) is 0 Å². The van der Waals surface area contributed by atoms with E-state index in [0.29, 0.717) is 11.1 Å². The molecule has 2 atom stereocenters. The molecule has 14 heteroatoms. The molecule has 2 aliphatic rings. The summed E-state index contributed by atoms with van der Waals surface area (Å²) in [6.45, 7) is 0. The zero-order valence-corrected chi connectivity index (χ0v) is 25.7. The number of nitrogens with one attached hydrogen (secondary N) is 2. The van der Waals surface area contributed by atoms with Crippen LogP contribution in [0.2, 0.25) is 0 Å². The summed E-state index contributed by atoms with van der Waals surface area (Å²) in [4.78, 5) is 0. The Labute approximate surface area is 265 Å². The second-order valence-electron chi connectivity index (χ2n) is 11.1. The summed E-state index contributed by atoms with van der Waals surface area (Å²) in [5.41, 5.74) is 2.74. The molecule has 4 aromatic rings. The maximum Gasteiger partial charge on any atom is 0.279 e. The first-order valence-corrected chi connectivity index (χ1v) is 16.7. The van der Waals surface area contributed by atoms with Crippen LogP contribution < -0.4 is 11.7 Å². The third-order valence-electron chi connectivity index (χ3n) is 8.90. The van der Waals surface area contributed by atoms with Crippen molar-refractivity contribution in [1.82, 2.24) is 0 Å². The fourth-order valence-corrected chi connectivity index (χ4v) is 9.03. The van der Waals surface area contributed by atoms with Gasteiger partial charge in [0, 0.05) is 24.0 Å². The Hall–Kier alpha value is -5.02. The van der Waals surface area contributed by atoms with Gasteiger partial charge in [-0.2, -0.15) is 27.0 Å². The van der Waals surface area contributed by atoms with Gasteiger partial charge < -0.3 is 11.7 Å². The van der Waals surface area contributed by atoms with Crippen LogP contribution in [0, 0.1) is 10.8 Å². The van der Waals surface area contributed by atoms with Gasteiger partial charge in [0.2, 0.25) is 0 Å². The standard InChI is InChI=1S/C32H28N6O6S2/c33-29-23-5-1-3-7-25(23)31(45(39,40)41,17-27(29)37-35)21-13-9-19(10-14-21)20-11-15-22(16-12-20)32(46(42,43)44)18-28(38-36)30(34)24-6-2-4-8-26(24)32/h1-16,33-34H,17-18,35-36H2,(H,39,40,41)(H,42,43,44)/b33-29?,34-30?,37-27+,38-28+. The number of rotatable bonds is 5. The summed E-state index contributed by atoms with van der Waals surface area (Å²) in [7, 11) is -9.64. The quantitative estimate of drug-likeness (QED) is 0.105. The molecule has 8 N–H and O–H groups in total. The van der Waals surface area contributed by atoms with Crippen molar-refractivity contribution in [3.63, 3.8) is 0 Å².